The fraction of sp³-hybridized carbons (Fsp3) is 0.500. The number of hydrogen-bond donors (Lipinski definition) is 1. The number of thiazole rings is 1. The van der Waals surface area contributed by atoms with Crippen LogP contribution in [0.1, 0.15) is 17.8 Å². The molecule has 0 aliphatic carbocycles. The summed E-state index contributed by atoms with van der Waals surface area (Å²) in [5.41, 5.74) is 1.00. The molecule has 1 fully saturated rings. The van der Waals surface area contributed by atoms with Gasteiger partial charge in [0.25, 0.3) is 0 Å². The molecular formula is C16H22N4OS. The van der Waals surface area contributed by atoms with Crippen molar-refractivity contribution in [2.45, 2.75) is 19.4 Å². The number of urea groups is 1. The molecule has 0 spiro atoms. The van der Waals surface area contributed by atoms with Crippen LogP contribution in [0.25, 0.3) is 10.2 Å². The second-order valence-corrected chi connectivity index (χ2v) is 6.83. The largest absolute Gasteiger partial charge is 0.337 e. The summed E-state index contributed by atoms with van der Waals surface area (Å²) in [6.45, 7) is 4.54. The first-order chi connectivity index (χ1) is 10.7. The van der Waals surface area contributed by atoms with E-state index in [1.165, 1.54) is 17.5 Å². The van der Waals surface area contributed by atoms with E-state index in [-0.39, 0.29) is 6.03 Å². The smallest absolute Gasteiger partial charge is 0.317 e. The molecule has 118 valence electrons. The Kier molecular flexibility index (Phi) is 4.90. The highest BCUT2D eigenvalue weighted by Gasteiger charge is 2.14. The van der Waals surface area contributed by atoms with Gasteiger partial charge in [-0.05, 0) is 38.1 Å². The highest BCUT2D eigenvalue weighted by molar-refractivity contribution is 7.18. The number of para-hydroxylation sites is 1. The van der Waals surface area contributed by atoms with E-state index >= 15 is 0 Å². The van der Waals surface area contributed by atoms with Crippen LogP contribution < -0.4 is 5.32 Å². The lowest BCUT2D eigenvalue weighted by atomic mass is 10.3. The van der Waals surface area contributed by atoms with Crippen molar-refractivity contribution in [1.82, 2.24) is 20.1 Å². The monoisotopic (exact) mass is 318 g/mol. The van der Waals surface area contributed by atoms with Crippen LogP contribution in [0, 0.1) is 0 Å². The zero-order chi connectivity index (χ0) is 15.4. The van der Waals surface area contributed by atoms with Gasteiger partial charge >= 0.3 is 6.03 Å². The molecule has 5 nitrogen and oxygen atoms in total. The van der Waals surface area contributed by atoms with E-state index in [2.05, 4.69) is 21.3 Å². The van der Waals surface area contributed by atoms with Crippen molar-refractivity contribution in [3.63, 3.8) is 0 Å². The van der Waals surface area contributed by atoms with Crippen LogP contribution >= 0.6 is 11.3 Å². The molecule has 1 aromatic carbocycles. The van der Waals surface area contributed by atoms with Crippen molar-refractivity contribution in [3.8, 4) is 0 Å². The van der Waals surface area contributed by atoms with Crippen molar-refractivity contribution in [2.24, 2.45) is 0 Å². The first kappa shape index (κ1) is 15.2. The Labute approximate surface area is 134 Å². The summed E-state index contributed by atoms with van der Waals surface area (Å²) >= 11 is 1.65. The van der Waals surface area contributed by atoms with Gasteiger partial charge in [0.05, 0.1) is 16.8 Å². The van der Waals surface area contributed by atoms with Gasteiger partial charge in [0, 0.05) is 20.1 Å². The molecule has 1 aliphatic rings. The molecule has 1 aliphatic heterocycles. The van der Waals surface area contributed by atoms with Gasteiger partial charge in [0.1, 0.15) is 5.01 Å². The van der Waals surface area contributed by atoms with Gasteiger partial charge in [-0.25, -0.2) is 9.78 Å². The standard InChI is InChI=1S/C16H22N4OS/c1-19(16(21)17-8-11-20-9-4-5-10-20)12-15-18-13-6-2-3-7-14(13)22-15/h2-3,6-7H,4-5,8-12H2,1H3,(H,17,21). The molecule has 0 bridgehead atoms. The van der Waals surface area contributed by atoms with E-state index in [9.17, 15) is 4.79 Å². The summed E-state index contributed by atoms with van der Waals surface area (Å²) in [6, 6.07) is 8.04. The highest BCUT2D eigenvalue weighted by atomic mass is 32.1. The van der Waals surface area contributed by atoms with E-state index in [1.54, 1.807) is 16.2 Å². The average molecular weight is 318 g/mol. The molecule has 6 heteroatoms. The van der Waals surface area contributed by atoms with Gasteiger partial charge in [-0.3, -0.25) is 0 Å². The fourth-order valence-corrected chi connectivity index (χ4v) is 3.75. The van der Waals surface area contributed by atoms with Gasteiger partial charge in [-0.2, -0.15) is 0 Å². The molecule has 22 heavy (non-hydrogen) atoms. The molecule has 3 rings (SSSR count). The SMILES string of the molecule is CN(Cc1nc2ccccc2s1)C(=O)NCCN1CCCC1. The minimum atomic E-state index is -0.0292. The number of nitrogens with zero attached hydrogens (tertiary/aromatic N) is 3. The number of aromatic nitrogens is 1. The Morgan fingerprint density at radius 2 is 2.14 bits per heavy atom. The Morgan fingerprint density at radius 1 is 1.36 bits per heavy atom. The number of carbonyl (C=O) groups excluding carboxylic acids is 1. The van der Waals surface area contributed by atoms with Crippen LogP contribution in [0.3, 0.4) is 0 Å². The lowest BCUT2D eigenvalue weighted by molar-refractivity contribution is 0.205. The number of hydrogen-bond acceptors (Lipinski definition) is 4. The minimum absolute atomic E-state index is 0.0292. The molecule has 2 amide bonds. The third-order valence-electron chi connectivity index (χ3n) is 3.96. The van der Waals surface area contributed by atoms with E-state index < -0.39 is 0 Å². The molecule has 1 saturated heterocycles. The second-order valence-electron chi connectivity index (χ2n) is 5.71. The summed E-state index contributed by atoms with van der Waals surface area (Å²) in [7, 11) is 1.82. The number of amides is 2. The van der Waals surface area contributed by atoms with Crippen molar-refractivity contribution in [3.05, 3.63) is 29.3 Å². The first-order valence-electron chi connectivity index (χ1n) is 7.78. The fourth-order valence-electron chi connectivity index (χ4n) is 2.72. The number of rotatable bonds is 5. The van der Waals surface area contributed by atoms with Crippen LogP contribution in [-0.2, 0) is 6.54 Å². The van der Waals surface area contributed by atoms with Crippen LogP contribution in [0.5, 0.6) is 0 Å². The maximum atomic E-state index is 12.1. The van der Waals surface area contributed by atoms with Gasteiger partial charge in [0.2, 0.25) is 0 Å². The van der Waals surface area contributed by atoms with Crippen LogP contribution in [0.2, 0.25) is 0 Å². The zero-order valence-corrected chi connectivity index (χ0v) is 13.7. The number of carbonyl (C=O) groups is 1. The van der Waals surface area contributed by atoms with Crippen LogP contribution in [-0.4, -0.2) is 54.0 Å². The summed E-state index contributed by atoms with van der Waals surface area (Å²) in [4.78, 5) is 20.8. The summed E-state index contributed by atoms with van der Waals surface area (Å²) in [5, 5.41) is 3.96. The summed E-state index contributed by atoms with van der Waals surface area (Å²) in [5.74, 6) is 0. The molecule has 0 unspecified atom stereocenters. The zero-order valence-electron chi connectivity index (χ0n) is 12.9. The normalized spacial score (nSPS) is 15.3. The number of fused-ring (bicyclic) bond motifs is 1. The predicted octanol–water partition coefficient (Wildman–Crippen LogP) is 2.53. The third-order valence-corrected chi connectivity index (χ3v) is 4.98. The van der Waals surface area contributed by atoms with E-state index in [0.717, 1.165) is 30.2 Å². The molecule has 2 aromatic rings. The quantitative estimate of drug-likeness (QED) is 0.921. The molecule has 0 radical (unpaired) electrons. The number of nitrogens with one attached hydrogen (secondary N) is 1. The van der Waals surface area contributed by atoms with Crippen LogP contribution in [0.4, 0.5) is 4.79 Å². The average Bonchev–Trinajstić information content (AvgIpc) is 3.15. The maximum absolute atomic E-state index is 12.1. The Morgan fingerprint density at radius 3 is 2.91 bits per heavy atom. The number of likely N-dealkylation sites (tertiary alicyclic amines) is 1. The van der Waals surface area contributed by atoms with Crippen LogP contribution in [0.15, 0.2) is 24.3 Å². The topological polar surface area (TPSA) is 48.5 Å². The van der Waals surface area contributed by atoms with E-state index in [1.807, 2.05) is 25.2 Å². The summed E-state index contributed by atoms with van der Waals surface area (Å²) in [6.07, 6.45) is 2.57. The highest BCUT2D eigenvalue weighted by Crippen LogP contribution is 2.22. The van der Waals surface area contributed by atoms with Gasteiger partial charge in [-0.15, -0.1) is 11.3 Å². The Bertz CT molecular complexity index is 603. The second kappa shape index (κ2) is 7.07. The van der Waals surface area contributed by atoms with Crippen molar-refractivity contribution in [1.29, 1.82) is 0 Å². The van der Waals surface area contributed by atoms with Crippen molar-refractivity contribution < 1.29 is 4.79 Å². The van der Waals surface area contributed by atoms with E-state index in [0.29, 0.717) is 13.1 Å². The molecule has 0 saturated carbocycles. The lowest BCUT2D eigenvalue weighted by Crippen LogP contribution is -2.40. The molecule has 1 aromatic heterocycles. The van der Waals surface area contributed by atoms with Gasteiger partial charge < -0.3 is 15.1 Å². The Hall–Kier alpha value is -1.66. The maximum Gasteiger partial charge on any atom is 0.317 e. The van der Waals surface area contributed by atoms with Gasteiger partial charge in [0.15, 0.2) is 0 Å². The first-order valence-corrected chi connectivity index (χ1v) is 8.60. The Balaban J connectivity index is 1.47. The van der Waals surface area contributed by atoms with Crippen molar-refractivity contribution >= 4 is 27.6 Å². The summed E-state index contributed by atoms with van der Waals surface area (Å²) < 4.78 is 1.17. The molecule has 2 heterocycles. The molecule has 1 N–H and O–H groups in total. The predicted molar refractivity (Wildman–Crippen MR) is 90.2 cm³/mol. The lowest BCUT2D eigenvalue weighted by Gasteiger charge is -2.19. The molecule has 0 atom stereocenters. The van der Waals surface area contributed by atoms with Crippen molar-refractivity contribution in [2.75, 3.05) is 33.2 Å². The third kappa shape index (κ3) is 3.75. The number of benzene rings is 1. The van der Waals surface area contributed by atoms with Gasteiger partial charge in [-0.1, -0.05) is 12.1 Å². The van der Waals surface area contributed by atoms with E-state index in [4.69, 9.17) is 0 Å². The minimum Gasteiger partial charge on any atom is -0.337 e. The molecular weight excluding hydrogens is 296 g/mol.